The van der Waals surface area contributed by atoms with Gasteiger partial charge >= 0.3 is 0 Å². The quantitative estimate of drug-likeness (QED) is 0.665. The van der Waals surface area contributed by atoms with E-state index in [0.29, 0.717) is 47.9 Å². The van der Waals surface area contributed by atoms with Crippen LogP contribution in [0.4, 0.5) is 5.82 Å². The number of likely N-dealkylation sites (tertiary alicyclic amines) is 1. The Kier molecular flexibility index (Phi) is 5.58. The molecule has 3 fully saturated rings. The molecule has 2 amide bonds. The summed E-state index contributed by atoms with van der Waals surface area (Å²) in [4.78, 5) is 31.5. The molecule has 4 aliphatic rings. The van der Waals surface area contributed by atoms with Crippen molar-refractivity contribution in [2.75, 3.05) is 12.4 Å². The van der Waals surface area contributed by atoms with E-state index in [1.165, 1.54) is 30.3 Å². The molecule has 0 spiro atoms. The van der Waals surface area contributed by atoms with Crippen LogP contribution in [-0.2, 0) is 9.59 Å². The van der Waals surface area contributed by atoms with Crippen LogP contribution >= 0.6 is 0 Å². The second-order valence-corrected chi connectivity index (χ2v) is 11.7. The number of fused-ring (bicyclic) bond motifs is 5. The van der Waals surface area contributed by atoms with Gasteiger partial charge in [0.05, 0.1) is 5.56 Å². The molecule has 6 atom stereocenters. The number of anilines is 1. The first-order valence-electron chi connectivity index (χ1n) is 12.8. The topological polar surface area (TPSA) is 86.1 Å². The van der Waals surface area contributed by atoms with Crippen LogP contribution in [0.3, 0.4) is 0 Å². The number of nitriles is 1. The monoisotopic (exact) mass is 460 g/mol. The van der Waals surface area contributed by atoms with Crippen molar-refractivity contribution in [3.05, 3.63) is 35.2 Å². The van der Waals surface area contributed by atoms with E-state index in [4.69, 9.17) is 5.26 Å². The van der Waals surface area contributed by atoms with E-state index in [1.54, 1.807) is 12.1 Å². The number of rotatable bonds is 3. The van der Waals surface area contributed by atoms with Gasteiger partial charge in [0.1, 0.15) is 11.9 Å². The van der Waals surface area contributed by atoms with Crippen LogP contribution in [0, 0.1) is 45.8 Å². The molecule has 6 heteroatoms. The van der Waals surface area contributed by atoms with Gasteiger partial charge in [-0.15, -0.1) is 0 Å². The first-order chi connectivity index (χ1) is 16.2. The van der Waals surface area contributed by atoms with Crippen molar-refractivity contribution in [3.8, 4) is 6.07 Å². The standard InChI is InChI=1S/C28H36N4O2/c1-17-13-20-21-7-6-19(14-24(33)31-23-8-5-18(15-29)16-30-23)27(21,2)11-9-22(20)28(3)12-10-25(34)32(4)26(17)28/h5,8,16,19-22H,6-7,9-14H2,1-4H3,(H,30,31,33)/t19-,20?,21+,22?,27-,28-/m1/s1. The Morgan fingerprint density at radius 3 is 2.74 bits per heavy atom. The minimum absolute atomic E-state index is 0.0209. The summed E-state index contributed by atoms with van der Waals surface area (Å²) in [6.07, 6.45) is 9.36. The molecule has 1 aromatic rings. The lowest BCUT2D eigenvalue weighted by atomic mass is 9.48. The Labute approximate surface area is 202 Å². The molecule has 1 aliphatic heterocycles. The predicted molar refractivity (Wildman–Crippen MR) is 130 cm³/mol. The van der Waals surface area contributed by atoms with Gasteiger partial charge in [-0.1, -0.05) is 19.4 Å². The highest BCUT2D eigenvalue weighted by molar-refractivity contribution is 5.90. The van der Waals surface area contributed by atoms with E-state index in [2.05, 4.69) is 37.1 Å². The molecule has 0 bridgehead atoms. The van der Waals surface area contributed by atoms with Gasteiger partial charge in [-0.3, -0.25) is 9.59 Å². The minimum atomic E-state index is 0.0209. The third-order valence-corrected chi connectivity index (χ3v) is 10.1. The van der Waals surface area contributed by atoms with Gasteiger partial charge in [-0.05, 0) is 86.7 Å². The zero-order chi connectivity index (χ0) is 24.3. The van der Waals surface area contributed by atoms with Gasteiger partial charge in [-0.2, -0.15) is 5.26 Å². The number of allylic oxidation sites excluding steroid dienone is 2. The van der Waals surface area contributed by atoms with Crippen LogP contribution in [0.2, 0.25) is 0 Å². The van der Waals surface area contributed by atoms with Crippen molar-refractivity contribution in [2.45, 2.75) is 72.1 Å². The number of amides is 2. The molecule has 1 saturated heterocycles. The first-order valence-corrected chi connectivity index (χ1v) is 12.8. The van der Waals surface area contributed by atoms with Gasteiger partial charge in [0.25, 0.3) is 0 Å². The predicted octanol–water partition coefficient (Wildman–Crippen LogP) is 5.28. The molecule has 180 valence electrons. The van der Waals surface area contributed by atoms with Crippen molar-refractivity contribution in [2.24, 2.45) is 34.5 Å². The zero-order valence-electron chi connectivity index (χ0n) is 20.9. The third kappa shape index (κ3) is 3.47. The zero-order valence-corrected chi connectivity index (χ0v) is 20.9. The van der Waals surface area contributed by atoms with Gasteiger partial charge < -0.3 is 10.2 Å². The van der Waals surface area contributed by atoms with Crippen LogP contribution in [0.25, 0.3) is 0 Å². The highest BCUT2D eigenvalue weighted by atomic mass is 16.2. The average molecular weight is 461 g/mol. The number of piperidine rings is 1. The van der Waals surface area contributed by atoms with E-state index < -0.39 is 0 Å². The molecular weight excluding hydrogens is 424 g/mol. The van der Waals surface area contributed by atoms with E-state index >= 15 is 0 Å². The molecule has 2 unspecified atom stereocenters. The van der Waals surface area contributed by atoms with E-state index in [1.807, 2.05) is 11.9 Å². The molecule has 0 radical (unpaired) electrons. The normalized spacial score (nSPS) is 36.9. The number of carbonyl (C=O) groups excluding carboxylic acids is 2. The lowest BCUT2D eigenvalue weighted by Crippen LogP contribution is -2.54. The Balaban J connectivity index is 1.33. The summed E-state index contributed by atoms with van der Waals surface area (Å²) in [7, 11) is 1.97. The molecular formula is C28H36N4O2. The van der Waals surface area contributed by atoms with E-state index in [0.717, 1.165) is 25.7 Å². The summed E-state index contributed by atoms with van der Waals surface area (Å²) in [6.45, 7) is 7.10. The molecule has 6 nitrogen and oxygen atoms in total. The van der Waals surface area contributed by atoms with Crippen molar-refractivity contribution in [1.82, 2.24) is 9.88 Å². The molecule has 2 heterocycles. The maximum Gasteiger partial charge on any atom is 0.226 e. The summed E-state index contributed by atoms with van der Waals surface area (Å²) >= 11 is 0. The van der Waals surface area contributed by atoms with Crippen LogP contribution in [-0.4, -0.2) is 28.7 Å². The third-order valence-electron chi connectivity index (χ3n) is 10.1. The Hall–Kier alpha value is -2.68. The fourth-order valence-electron chi connectivity index (χ4n) is 8.50. The van der Waals surface area contributed by atoms with Crippen molar-refractivity contribution in [3.63, 3.8) is 0 Å². The summed E-state index contributed by atoms with van der Waals surface area (Å²) in [6, 6.07) is 5.43. The van der Waals surface area contributed by atoms with Gasteiger partial charge in [0, 0.05) is 37.2 Å². The Morgan fingerprint density at radius 2 is 2.03 bits per heavy atom. The van der Waals surface area contributed by atoms with Crippen molar-refractivity contribution >= 4 is 17.6 Å². The first kappa shape index (κ1) is 23.1. The number of hydrogen-bond acceptors (Lipinski definition) is 4. The number of pyridine rings is 1. The molecule has 1 N–H and O–H groups in total. The molecule has 5 rings (SSSR count). The number of hydrogen-bond donors (Lipinski definition) is 1. The van der Waals surface area contributed by atoms with Crippen LogP contribution < -0.4 is 5.32 Å². The number of carbonyl (C=O) groups is 2. The number of nitrogens with zero attached hydrogens (tertiary/aromatic N) is 3. The lowest BCUT2D eigenvalue weighted by Gasteiger charge is -2.59. The fraction of sp³-hybridized carbons (Fsp3) is 0.643. The largest absolute Gasteiger partial charge is 0.319 e. The number of nitrogens with one attached hydrogen (secondary N) is 1. The highest BCUT2D eigenvalue weighted by Gasteiger charge is 2.60. The average Bonchev–Trinajstić information content (AvgIpc) is 3.13. The minimum Gasteiger partial charge on any atom is -0.319 e. The summed E-state index contributed by atoms with van der Waals surface area (Å²) < 4.78 is 0. The van der Waals surface area contributed by atoms with Crippen LogP contribution in [0.5, 0.6) is 0 Å². The van der Waals surface area contributed by atoms with Gasteiger partial charge in [0.15, 0.2) is 0 Å². The maximum absolute atomic E-state index is 12.9. The second-order valence-electron chi connectivity index (χ2n) is 11.7. The number of aromatic nitrogens is 1. The SMILES string of the molecule is CC1=C2N(C)C(=O)CC[C@]2(C)C2CC[C@]3(C)[C@@H](CC(=O)Nc4ccc(C#N)cn4)CC[C@H]3C2C1. The highest BCUT2D eigenvalue weighted by Crippen LogP contribution is 2.67. The molecule has 0 aromatic carbocycles. The molecule has 1 aromatic heterocycles. The summed E-state index contributed by atoms with van der Waals surface area (Å²) in [5, 5.41) is 11.9. The van der Waals surface area contributed by atoms with Crippen LogP contribution in [0.1, 0.15) is 77.7 Å². The maximum atomic E-state index is 12.9. The summed E-state index contributed by atoms with van der Waals surface area (Å²) in [5.41, 5.74) is 3.46. The molecule has 3 aliphatic carbocycles. The smallest absolute Gasteiger partial charge is 0.226 e. The van der Waals surface area contributed by atoms with E-state index in [-0.39, 0.29) is 22.6 Å². The van der Waals surface area contributed by atoms with Crippen LogP contribution in [0.15, 0.2) is 29.6 Å². The Bertz CT molecular complexity index is 1090. The van der Waals surface area contributed by atoms with Crippen molar-refractivity contribution in [1.29, 1.82) is 5.26 Å². The van der Waals surface area contributed by atoms with Gasteiger partial charge in [-0.25, -0.2) is 4.98 Å². The lowest BCUT2D eigenvalue weighted by molar-refractivity contribution is -0.136. The fourth-order valence-corrected chi connectivity index (χ4v) is 8.50. The van der Waals surface area contributed by atoms with Crippen molar-refractivity contribution < 1.29 is 9.59 Å². The summed E-state index contributed by atoms with van der Waals surface area (Å²) in [5.74, 6) is 3.07. The second kappa shape index (κ2) is 8.22. The molecule has 2 saturated carbocycles. The van der Waals surface area contributed by atoms with Gasteiger partial charge in [0.2, 0.25) is 11.8 Å². The van der Waals surface area contributed by atoms with E-state index in [9.17, 15) is 9.59 Å². The Morgan fingerprint density at radius 1 is 1.24 bits per heavy atom. The molecule has 34 heavy (non-hydrogen) atoms.